The van der Waals surface area contributed by atoms with E-state index in [-0.39, 0.29) is 16.2 Å². The number of hydrogen-bond acceptors (Lipinski definition) is 8. The van der Waals surface area contributed by atoms with Gasteiger partial charge >= 0.3 is 0 Å². The number of hydrogen-bond donors (Lipinski definition) is 2. The van der Waals surface area contributed by atoms with Crippen LogP contribution in [0.1, 0.15) is 28.5 Å². The first kappa shape index (κ1) is 23.7. The van der Waals surface area contributed by atoms with Crippen molar-refractivity contribution in [1.29, 1.82) is 0 Å². The molecule has 172 valence electrons. The van der Waals surface area contributed by atoms with Gasteiger partial charge in [0, 0.05) is 31.2 Å². The minimum Gasteiger partial charge on any atom is -0.472 e. The van der Waals surface area contributed by atoms with E-state index in [0.29, 0.717) is 24.0 Å². The van der Waals surface area contributed by atoms with Gasteiger partial charge in [0.05, 0.1) is 11.3 Å². The predicted octanol–water partition coefficient (Wildman–Crippen LogP) is 2.11. The number of sulfonamides is 1. The van der Waals surface area contributed by atoms with Gasteiger partial charge in [0.25, 0.3) is 15.9 Å². The van der Waals surface area contributed by atoms with Gasteiger partial charge in [-0.15, -0.1) is 5.10 Å². The van der Waals surface area contributed by atoms with Crippen LogP contribution in [-0.4, -0.2) is 42.4 Å². The van der Waals surface area contributed by atoms with Crippen LogP contribution in [0.25, 0.3) is 5.82 Å². The zero-order chi connectivity index (χ0) is 24.0. The second kappa shape index (κ2) is 10.1. The normalized spacial score (nSPS) is 12.5. The highest BCUT2D eigenvalue weighted by Crippen LogP contribution is 2.15. The second-order valence-corrected chi connectivity index (χ2v) is 8.70. The van der Waals surface area contributed by atoms with Crippen molar-refractivity contribution in [2.75, 3.05) is 7.05 Å². The molecular weight excluding hydrogens is 444 g/mol. The van der Waals surface area contributed by atoms with E-state index in [1.165, 1.54) is 24.7 Å². The van der Waals surface area contributed by atoms with Crippen molar-refractivity contribution >= 4 is 22.1 Å². The number of nitrogens with one attached hydrogen (secondary N) is 1. The van der Waals surface area contributed by atoms with Crippen LogP contribution >= 0.6 is 0 Å². The van der Waals surface area contributed by atoms with Crippen LogP contribution in [0.3, 0.4) is 0 Å². The second-order valence-electron chi connectivity index (χ2n) is 7.04. The molecule has 0 bridgehead atoms. The van der Waals surface area contributed by atoms with Crippen molar-refractivity contribution in [2.24, 2.45) is 10.7 Å². The van der Waals surface area contributed by atoms with Crippen LogP contribution in [0.15, 0.2) is 70.3 Å². The maximum Gasteiger partial charge on any atom is 0.267 e. The van der Waals surface area contributed by atoms with Crippen molar-refractivity contribution in [2.45, 2.75) is 20.5 Å². The molecule has 0 unspecified atom stereocenters. The van der Waals surface area contributed by atoms with Gasteiger partial charge in [0.1, 0.15) is 11.5 Å². The van der Waals surface area contributed by atoms with Crippen LogP contribution in [-0.2, 0) is 16.6 Å². The quantitative estimate of drug-likeness (QED) is 0.482. The Kier molecular flexibility index (Phi) is 7.23. The lowest BCUT2D eigenvalue weighted by Gasteiger charge is -2.11. The lowest BCUT2D eigenvalue weighted by molar-refractivity contribution is 0.0980. The number of rotatable bonds is 8. The number of carbonyl (C=O) groups is 1. The molecule has 0 aliphatic carbocycles. The van der Waals surface area contributed by atoms with Gasteiger partial charge in [0.2, 0.25) is 5.88 Å². The average Bonchev–Trinajstić information content (AvgIpc) is 3.25. The lowest BCUT2D eigenvalue weighted by atomic mass is 10.2. The summed E-state index contributed by atoms with van der Waals surface area (Å²) in [6, 6.07) is 14.4. The highest BCUT2D eigenvalue weighted by molar-refractivity contribution is 7.94. The molecule has 1 aromatic carbocycles. The van der Waals surface area contributed by atoms with Crippen molar-refractivity contribution in [3.8, 4) is 11.7 Å². The number of nitrogens with zero attached hydrogens (tertiary/aromatic N) is 4. The van der Waals surface area contributed by atoms with Gasteiger partial charge in [-0.05, 0) is 31.5 Å². The lowest BCUT2D eigenvalue weighted by Crippen LogP contribution is -2.33. The number of aliphatic imine (C=N–C) groups is 1. The third-order valence-corrected chi connectivity index (χ3v) is 5.96. The Morgan fingerprint density at radius 2 is 1.94 bits per heavy atom. The topological polar surface area (TPSA) is 142 Å². The molecule has 10 nitrogen and oxygen atoms in total. The van der Waals surface area contributed by atoms with Gasteiger partial charge in [0.15, 0.2) is 5.82 Å². The molecule has 0 fully saturated rings. The van der Waals surface area contributed by atoms with E-state index in [4.69, 9.17) is 10.5 Å². The third kappa shape index (κ3) is 5.83. The largest absolute Gasteiger partial charge is 0.472 e. The number of amides is 1. The number of pyridine rings is 1. The number of aryl methyl sites for hydroxylation is 1. The van der Waals surface area contributed by atoms with Gasteiger partial charge in [-0.25, -0.2) is 22.8 Å². The molecule has 0 radical (unpaired) electrons. The summed E-state index contributed by atoms with van der Waals surface area (Å²) in [5.74, 6) is 0.0282. The molecule has 0 spiro atoms. The van der Waals surface area contributed by atoms with E-state index in [1.54, 1.807) is 25.3 Å². The van der Waals surface area contributed by atoms with Crippen LogP contribution in [0.5, 0.6) is 5.88 Å². The average molecular weight is 469 g/mol. The number of aromatic nitrogens is 3. The summed E-state index contributed by atoms with van der Waals surface area (Å²) in [7, 11) is -2.79. The SMILES string of the molecule is CN=C/C(=C(/C)N)S(=O)(=O)NC(=O)c1ccc(-n2ccc(OCc3ccccc3)n2)nc1C. The summed E-state index contributed by atoms with van der Waals surface area (Å²) in [6.45, 7) is 3.38. The highest BCUT2D eigenvalue weighted by Gasteiger charge is 2.23. The summed E-state index contributed by atoms with van der Waals surface area (Å²) >= 11 is 0. The molecule has 3 rings (SSSR count). The maximum atomic E-state index is 12.6. The van der Waals surface area contributed by atoms with E-state index in [1.807, 2.05) is 35.1 Å². The van der Waals surface area contributed by atoms with E-state index in [2.05, 4.69) is 15.1 Å². The first-order chi connectivity index (χ1) is 15.7. The molecule has 11 heteroatoms. The van der Waals surface area contributed by atoms with Crippen LogP contribution < -0.4 is 15.2 Å². The Morgan fingerprint density at radius 3 is 2.58 bits per heavy atom. The Hall–Kier alpha value is -3.99. The smallest absolute Gasteiger partial charge is 0.267 e. The standard InChI is InChI=1S/C22H24N6O4S/c1-15(23)19(13-24-3)33(30,31)27-22(29)18-9-10-20(25-16(18)2)28-12-11-21(26-28)32-14-17-7-5-4-6-8-17/h4-13H,14,23H2,1-3H3,(H,27,29)/b19-15+,24-13?. The Morgan fingerprint density at radius 1 is 1.21 bits per heavy atom. The first-order valence-electron chi connectivity index (χ1n) is 9.87. The minimum absolute atomic E-state index is 0.00932. The molecule has 0 saturated heterocycles. The molecule has 2 heterocycles. The van der Waals surface area contributed by atoms with Gasteiger partial charge in [-0.2, -0.15) is 0 Å². The molecule has 0 aliphatic heterocycles. The summed E-state index contributed by atoms with van der Waals surface area (Å²) in [4.78, 5) is 20.4. The van der Waals surface area contributed by atoms with Gasteiger partial charge in [-0.3, -0.25) is 9.79 Å². The fraction of sp³-hybridized carbons (Fsp3) is 0.182. The summed E-state index contributed by atoms with van der Waals surface area (Å²) in [6.07, 6.45) is 2.76. The molecule has 0 aliphatic rings. The fourth-order valence-electron chi connectivity index (χ4n) is 2.89. The molecule has 0 saturated carbocycles. The number of ether oxygens (including phenoxy) is 1. The molecular formula is C22H24N6O4S. The highest BCUT2D eigenvalue weighted by atomic mass is 32.2. The predicted molar refractivity (Wildman–Crippen MR) is 125 cm³/mol. The maximum absolute atomic E-state index is 12.6. The van der Waals surface area contributed by atoms with E-state index in [0.717, 1.165) is 11.8 Å². The molecule has 3 N–H and O–H groups in total. The van der Waals surface area contributed by atoms with E-state index < -0.39 is 15.9 Å². The van der Waals surface area contributed by atoms with E-state index in [9.17, 15) is 13.2 Å². The Bertz CT molecular complexity index is 1310. The van der Waals surface area contributed by atoms with Crippen molar-refractivity contribution < 1.29 is 17.9 Å². The summed E-state index contributed by atoms with van der Waals surface area (Å²) in [5, 5.41) is 4.33. The minimum atomic E-state index is -4.19. The Labute approximate surface area is 191 Å². The number of nitrogens with two attached hydrogens (primary N) is 1. The summed E-state index contributed by atoms with van der Waals surface area (Å²) in [5.41, 5.74) is 7.06. The van der Waals surface area contributed by atoms with Gasteiger partial charge in [-0.1, -0.05) is 30.3 Å². The number of benzene rings is 1. The van der Waals surface area contributed by atoms with Crippen LogP contribution in [0.2, 0.25) is 0 Å². The first-order valence-corrected chi connectivity index (χ1v) is 11.4. The monoisotopic (exact) mass is 468 g/mol. The van der Waals surface area contributed by atoms with Gasteiger partial charge < -0.3 is 10.5 Å². The van der Waals surface area contributed by atoms with Crippen molar-refractivity contribution in [3.05, 3.63) is 82.2 Å². The fourth-order valence-corrected chi connectivity index (χ4v) is 4.02. The van der Waals surface area contributed by atoms with E-state index >= 15 is 0 Å². The summed E-state index contributed by atoms with van der Waals surface area (Å²) < 4.78 is 34.2. The molecule has 3 aromatic rings. The van der Waals surface area contributed by atoms with Crippen molar-refractivity contribution in [1.82, 2.24) is 19.5 Å². The zero-order valence-electron chi connectivity index (χ0n) is 18.4. The Balaban J connectivity index is 1.74. The third-order valence-electron chi connectivity index (χ3n) is 4.50. The van der Waals surface area contributed by atoms with Crippen molar-refractivity contribution in [3.63, 3.8) is 0 Å². The number of carbonyl (C=O) groups excluding carboxylic acids is 1. The molecule has 0 atom stereocenters. The number of allylic oxidation sites excluding steroid dienone is 2. The van der Waals surface area contributed by atoms with Crippen LogP contribution in [0, 0.1) is 6.92 Å². The zero-order valence-corrected chi connectivity index (χ0v) is 19.2. The van der Waals surface area contributed by atoms with Crippen LogP contribution in [0.4, 0.5) is 0 Å². The molecule has 33 heavy (non-hydrogen) atoms. The molecule has 2 aromatic heterocycles. The molecule has 1 amide bonds.